The topological polar surface area (TPSA) is 20.2 Å². The third-order valence-corrected chi connectivity index (χ3v) is 3.65. The summed E-state index contributed by atoms with van der Waals surface area (Å²) in [7, 11) is 0. The minimum absolute atomic E-state index is 0.199. The molecule has 5 heteroatoms. The second-order valence-corrected chi connectivity index (χ2v) is 5.35. The molecule has 0 spiro atoms. The predicted octanol–water partition coefficient (Wildman–Crippen LogP) is 4.42. The molecule has 1 nitrogen and oxygen atoms in total. The Bertz CT molecular complexity index is 617. The molecular formula is C15H12Cl2F2O. The van der Waals surface area contributed by atoms with Gasteiger partial charge in [0.2, 0.25) is 0 Å². The van der Waals surface area contributed by atoms with Crippen molar-refractivity contribution in [2.75, 3.05) is 0 Å². The fraction of sp³-hybridized carbons (Fsp3) is 0.200. The van der Waals surface area contributed by atoms with Crippen molar-refractivity contribution in [1.29, 1.82) is 0 Å². The largest absolute Gasteiger partial charge is 0.392 e. The average Bonchev–Trinajstić information content (AvgIpc) is 2.37. The highest BCUT2D eigenvalue weighted by molar-refractivity contribution is 6.31. The van der Waals surface area contributed by atoms with Crippen molar-refractivity contribution in [2.24, 2.45) is 0 Å². The Morgan fingerprint density at radius 1 is 0.850 bits per heavy atom. The fourth-order valence-corrected chi connectivity index (χ4v) is 2.41. The van der Waals surface area contributed by atoms with Gasteiger partial charge in [0.15, 0.2) is 0 Å². The van der Waals surface area contributed by atoms with Crippen LogP contribution in [0, 0.1) is 11.6 Å². The van der Waals surface area contributed by atoms with Crippen molar-refractivity contribution in [3.8, 4) is 0 Å². The SMILES string of the molecule is OC(Cc1ccc(F)cc1Cl)Cc1cc(F)ccc1Cl. The first kappa shape index (κ1) is 15.2. The molecule has 0 bridgehead atoms. The smallest absolute Gasteiger partial charge is 0.124 e. The summed E-state index contributed by atoms with van der Waals surface area (Å²) in [5, 5.41) is 10.7. The summed E-state index contributed by atoms with van der Waals surface area (Å²) in [5.74, 6) is -0.835. The van der Waals surface area contributed by atoms with E-state index in [0.717, 1.165) is 0 Å². The lowest BCUT2D eigenvalue weighted by atomic mass is 10.0. The maximum atomic E-state index is 13.1. The zero-order valence-corrected chi connectivity index (χ0v) is 11.9. The minimum Gasteiger partial charge on any atom is -0.392 e. The van der Waals surface area contributed by atoms with Gasteiger partial charge in [-0.05, 0) is 41.5 Å². The first-order valence-corrected chi connectivity index (χ1v) is 6.77. The van der Waals surface area contributed by atoms with E-state index in [1.54, 1.807) is 0 Å². The van der Waals surface area contributed by atoms with Crippen LogP contribution in [0.1, 0.15) is 11.1 Å². The van der Waals surface area contributed by atoms with Crippen molar-refractivity contribution in [1.82, 2.24) is 0 Å². The summed E-state index contributed by atoms with van der Waals surface area (Å²) in [5.41, 5.74) is 1.16. The fourth-order valence-electron chi connectivity index (χ4n) is 1.97. The van der Waals surface area contributed by atoms with Crippen molar-refractivity contribution < 1.29 is 13.9 Å². The highest BCUT2D eigenvalue weighted by Crippen LogP contribution is 2.22. The molecule has 0 aliphatic rings. The molecule has 0 aliphatic heterocycles. The lowest BCUT2D eigenvalue weighted by molar-refractivity contribution is 0.175. The number of hydrogen-bond donors (Lipinski definition) is 1. The summed E-state index contributed by atoms with van der Waals surface area (Å²) in [6.45, 7) is 0. The molecule has 20 heavy (non-hydrogen) atoms. The third kappa shape index (κ3) is 3.92. The maximum absolute atomic E-state index is 13.1. The van der Waals surface area contributed by atoms with E-state index in [4.69, 9.17) is 23.2 Å². The molecule has 0 heterocycles. The van der Waals surface area contributed by atoms with Crippen LogP contribution < -0.4 is 0 Å². The van der Waals surface area contributed by atoms with E-state index in [0.29, 0.717) is 16.1 Å². The Kier molecular flexibility index (Phi) is 4.97. The van der Waals surface area contributed by atoms with Crippen LogP contribution in [0.5, 0.6) is 0 Å². The highest BCUT2D eigenvalue weighted by atomic mass is 35.5. The lowest BCUT2D eigenvalue weighted by Gasteiger charge is -2.13. The molecule has 0 radical (unpaired) electrons. The van der Waals surface area contributed by atoms with E-state index in [1.807, 2.05) is 0 Å². The number of benzene rings is 2. The van der Waals surface area contributed by atoms with Crippen LogP contribution in [-0.2, 0) is 12.8 Å². The Balaban J connectivity index is 2.08. The molecule has 0 aliphatic carbocycles. The number of rotatable bonds is 4. The number of hydrogen-bond acceptors (Lipinski definition) is 1. The molecule has 1 N–H and O–H groups in total. The maximum Gasteiger partial charge on any atom is 0.124 e. The highest BCUT2D eigenvalue weighted by Gasteiger charge is 2.12. The van der Waals surface area contributed by atoms with Crippen LogP contribution in [0.25, 0.3) is 0 Å². The zero-order valence-electron chi connectivity index (χ0n) is 10.4. The average molecular weight is 317 g/mol. The van der Waals surface area contributed by atoms with Crippen LogP contribution >= 0.6 is 23.2 Å². The molecule has 0 aromatic heterocycles. The van der Waals surface area contributed by atoms with Gasteiger partial charge in [0, 0.05) is 22.9 Å². The van der Waals surface area contributed by atoms with Crippen molar-refractivity contribution in [3.63, 3.8) is 0 Å². The van der Waals surface area contributed by atoms with Crippen LogP contribution in [0.3, 0.4) is 0 Å². The minimum atomic E-state index is -0.780. The second kappa shape index (κ2) is 6.53. The first-order valence-electron chi connectivity index (χ1n) is 6.01. The molecular weight excluding hydrogens is 305 g/mol. The second-order valence-electron chi connectivity index (χ2n) is 4.53. The van der Waals surface area contributed by atoms with Gasteiger partial charge in [0.1, 0.15) is 11.6 Å². The summed E-state index contributed by atoms with van der Waals surface area (Å²) in [6, 6.07) is 7.99. The quantitative estimate of drug-likeness (QED) is 0.885. The molecule has 0 saturated carbocycles. The number of aliphatic hydroxyl groups is 1. The lowest BCUT2D eigenvalue weighted by Crippen LogP contribution is -2.14. The summed E-state index contributed by atoms with van der Waals surface area (Å²) >= 11 is 11.8. The Hall–Kier alpha value is -1.16. The Morgan fingerprint density at radius 3 is 2.15 bits per heavy atom. The van der Waals surface area contributed by atoms with Gasteiger partial charge in [0.05, 0.1) is 6.10 Å². The van der Waals surface area contributed by atoms with Gasteiger partial charge in [0.25, 0.3) is 0 Å². The molecule has 1 atom stereocenters. The zero-order chi connectivity index (χ0) is 14.7. The van der Waals surface area contributed by atoms with Crippen LogP contribution in [0.2, 0.25) is 10.0 Å². The van der Waals surface area contributed by atoms with Gasteiger partial charge >= 0.3 is 0 Å². The standard InChI is InChI=1S/C15H12Cl2F2O/c16-14-4-3-11(18)5-10(14)7-13(20)6-9-1-2-12(19)8-15(9)17/h1-5,8,13,20H,6-7H2. The number of halogens is 4. The van der Waals surface area contributed by atoms with Gasteiger partial charge in [-0.15, -0.1) is 0 Å². The van der Waals surface area contributed by atoms with Gasteiger partial charge in [-0.25, -0.2) is 8.78 Å². The van der Waals surface area contributed by atoms with Crippen molar-refractivity contribution in [2.45, 2.75) is 18.9 Å². The van der Waals surface area contributed by atoms with Crippen LogP contribution in [0.15, 0.2) is 36.4 Å². The molecule has 1 unspecified atom stereocenters. The van der Waals surface area contributed by atoms with E-state index in [9.17, 15) is 13.9 Å². The predicted molar refractivity (Wildman–Crippen MR) is 76.2 cm³/mol. The van der Waals surface area contributed by atoms with E-state index >= 15 is 0 Å². The van der Waals surface area contributed by atoms with Crippen LogP contribution in [-0.4, -0.2) is 11.2 Å². The van der Waals surface area contributed by atoms with Crippen molar-refractivity contribution >= 4 is 23.2 Å². The number of aliphatic hydroxyl groups excluding tert-OH is 1. The van der Waals surface area contributed by atoms with E-state index < -0.39 is 17.7 Å². The first-order chi connectivity index (χ1) is 9.45. The molecule has 2 aromatic rings. The van der Waals surface area contributed by atoms with Crippen molar-refractivity contribution in [3.05, 3.63) is 69.2 Å². The van der Waals surface area contributed by atoms with Gasteiger partial charge in [-0.2, -0.15) is 0 Å². The molecule has 0 fully saturated rings. The third-order valence-electron chi connectivity index (χ3n) is 2.93. The monoisotopic (exact) mass is 316 g/mol. The van der Waals surface area contributed by atoms with E-state index in [-0.39, 0.29) is 17.9 Å². The molecule has 2 aromatic carbocycles. The molecule has 2 rings (SSSR count). The summed E-state index contributed by atoms with van der Waals surface area (Å²) in [6.07, 6.45) is -0.340. The normalized spacial score (nSPS) is 12.4. The van der Waals surface area contributed by atoms with Gasteiger partial charge < -0.3 is 5.11 Å². The van der Waals surface area contributed by atoms with Crippen LogP contribution in [0.4, 0.5) is 8.78 Å². The Labute approximate surface area is 125 Å². The summed E-state index contributed by atoms with van der Waals surface area (Å²) < 4.78 is 26.1. The molecule has 106 valence electrons. The molecule has 0 amide bonds. The molecule has 0 saturated heterocycles. The summed E-state index contributed by atoms with van der Waals surface area (Å²) in [4.78, 5) is 0. The van der Waals surface area contributed by atoms with Gasteiger partial charge in [-0.1, -0.05) is 29.3 Å². The van der Waals surface area contributed by atoms with E-state index in [1.165, 1.54) is 36.4 Å². The van der Waals surface area contributed by atoms with Gasteiger partial charge in [-0.3, -0.25) is 0 Å². The Morgan fingerprint density at radius 2 is 1.45 bits per heavy atom. The van der Waals surface area contributed by atoms with E-state index in [2.05, 4.69) is 0 Å².